The average Bonchev–Trinajstić information content (AvgIpc) is 3.42. The summed E-state index contributed by atoms with van der Waals surface area (Å²) in [6.07, 6.45) is 0. The lowest BCUT2D eigenvalue weighted by Gasteiger charge is -2.07. The molecule has 0 bridgehead atoms. The molecule has 0 amide bonds. The number of nitrogens with one attached hydrogen (secondary N) is 1. The van der Waals surface area contributed by atoms with Gasteiger partial charge in [-0.25, -0.2) is 8.42 Å². The fourth-order valence-electron chi connectivity index (χ4n) is 2.58. The van der Waals surface area contributed by atoms with Crippen LogP contribution >= 0.6 is 22.7 Å². The highest BCUT2D eigenvalue weighted by Gasteiger charge is 2.19. The van der Waals surface area contributed by atoms with E-state index in [1.807, 2.05) is 0 Å². The largest absolute Gasteiger partial charge is 0.456 e. The molecule has 146 valence electrons. The molecule has 0 aliphatic rings. The predicted octanol–water partition coefficient (Wildman–Crippen LogP) is 0.726. The van der Waals surface area contributed by atoms with Gasteiger partial charge in [0, 0.05) is 7.05 Å². The zero-order chi connectivity index (χ0) is 19.9. The second-order valence-corrected chi connectivity index (χ2v) is 9.53. The third-order valence-electron chi connectivity index (χ3n) is 3.93. The Morgan fingerprint density at radius 1 is 1.25 bits per heavy atom. The number of aryl methyl sites for hydroxylation is 1. The first-order chi connectivity index (χ1) is 13.4. The van der Waals surface area contributed by atoms with Gasteiger partial charge in [0.05, 0.1) is 5.52 Å². The lowest BCUT2D eigenvalue weighted by atomic mass is 10.4. The first-order valence-electron chi connectivity index (χ1n) is 7.87. The molecule has 1 N–H and O–H groups in total. The van der Waals surface area contributed by atoms with Crippen LogP contribution in [0, 0.1) is 0 Å². The number of nitrogens with zero attached hydrogens (tertiary/aromatic N) is 4. The number of fused-ring (bicyclic) bond motifs is 3. The molecule has 0 atom stereocenters. The molecular weight excluding hydrogens is 426 g/mol. The Morgan fingerprint density at radius 3 is 2.82 bits per heavy atom. The standard InChI is InChI=1S/C15H13N5O5S3/c1-19-14(22)13-9(4-6-27-13)20-10(17-18-15(19)20)8-25-11(21)7-16-28(23,24)12-3-2-5-26-12/h2-6,16H,7-8H2,1H3. The minimum Gasteiger partial charge on any atom is -0.456 e. The summed E-state index contributed by atoms with van der Waals surface area (Å²) in [6, 6.07) is 4.81. The summed E-state index contributed by atoms with van der Waals surface area (Å²) in [5.41, 5.74) is 0.439. The van der Waals surface area contributed by atoms with E-state index < -0.39 is 22.5 Å². The molecule has 0 aliphatic heterocycles. The van der Waals surface area contributed by atoms with Crippen LogP contribution in [0.4, 0.5) is 0 Å². The lowest BCUT2D eigenvalue weighted by molar-refractivity contribution is -0.143. The second-order valence-electron chi connectivity index (χ2n) is 5.67. The summed E-state index contributed by atoms with van der Waals surface area (Å²) in [5, 5.41) is 11.4. The van der Waals surface area contributed by atoms with Crippen LogP contribution < -0.4 is 10.3 Å². The fraction of sp³-hybridized carbons (Fsp3) is 0.200. The van der Waals surface area contributed by atoms with E-state index in [1.165, 1.54) is 22.0 Å². The van der Waals surface area contributed by atoms with Crippen LogP contribution in [0.5, 0.6) is 0 Å². The Kier molecular flexibility index (Phi) is 4.74. The van der Waals surface area contributed by atoms with Crippen LogP contribution in [0.1, 0.15) is 5.82 Å². The van der Waals surface area contributed by atoms with E-state index in [9.17, 15) is 18.0 Å². The Hall–Kier alpha value is -2.61. The monoisotopic (exact) mass is 439 g/mol. The minimum atomic E-state index is -3.75. The number of carbonyl (C=O) groups excluding carboxylic acids is 1. The number of sulfonamides is 1. The molecular formula is C15H13N5O5S3. The molecule has 13 heteroatoms. The van der Waals surface area contributed by atoms with Crippen LogP contribution in [0.2, 0.25) is 0 Å². The molecule has 0 unspecified atom stereocenters. The maximum atomic E-state index is 12.3. The number of aromatic nitrogens is 4. The normalized spacial score (nSPS) is 12.0. The smallest absolute Gasteiger partial charge is 0.321 e. The van der Waals surface area contributed by atoms with Gasteiger partial charge in [-0.3, -0.25) is 18.6 Å². The quantitative estimate of drug-likeness (QED) is 0.439. The SMILES string of the molecule is Cn1c(=O)c2sccc2n2c(COC(=O)CNS(=O)(=O)c3cccs3)nnc12. The van der Waals surface area contributed by atoms with Gasteiger partial charge in [-0.2, -0.15) is 4.72 Å². The van der Waals surface area contributed by atoms with Gasteiger partial charge >= 0.3 is 5.97 Å². The molecule has 4 aromatic rings. The van der Waals surface area contributed by atoms with Crippen molar-refractivity contribution in [3.63, 3.8) is 0 Å². The van der Waals surface area contributed by atoms with Crippen molar-refractivity contribution in [1.82, 2.24) is 23.9 Å². The van der Waals surface area contributed by atoms with Gasteiger partial charge in [-0.15, -0.1) is 32.9 Å². The summed E-state index contributed by atoms with van der Waals surface area (Å²) in [4.78, 5) is 24.3. The van der Waals surface area contributed by atoms with Gasteiger partial charge in [-0.1, -0.05) is 6.07 Å². The summed E-state index contributed by atoms with van der Waals surface area (Å²) in [7, 11) is -2.17. The van der Waals surface area contributed by atoms with E-state index in [4.69, 9.17) is 4.74 Å². The molecule has 4 aromatic heterocycles. The number of hydrogen-bond donors (Lipinski definition) is 1. The number of rotatable bonds is 6. The minimum absolute atomic E-state index is 0.115. The van der Waals surface area contributed by atoms with Crippen LogP contribution in [0.3, 0.4) is 0 Å². The summed E-state index contributed by atoms with van der Waals surface area (Å²) < 4.78 is 35.0. The molecule has 0 saturated carbocycles. The molecule has 0 fully saturated rings. The molecule has 4 rings (SSSR count). The van der Waals surface area contributed by atoms with Crippen molar-refractivity contribution in [1.29, 1.82) is 0 Å². The number of carbonyl (C=O) groups is 1. The van der Waals surface area contributed by atoms with Crippen molar-refractivity contribution >= 4 is 54.7 Å². The molecule has 28 heavy (non-hydrogen) atoms. The van der Waals surface area contributed by atoms with Crippen molar-refractivity contribution in [2.75, 3.05) is 6.54 Å². The summed E-state index contributed by atoms with van der Waals surface area (Å²) >= 11 is 2.34. The maximum absolute atomic E-state index is 12.3. The number of thiophene rings is 2. The Bertz CT molecular complexity index is 1330. The van der Waals surface area contributed by atoms with E-state index in [1.54, 1.807) is 34.3 Å². The zero-order valence-corrected chi connectivity index (χ0v) is 16.8. The van der Waals surface area contributed by atoms with E-state index in [0.717, 1.165) is 11.3 Å². The van der Waals surface area contributed by atoms with Gasteiger partial charge in [0.1, 0.15) is 15.5 Å². The van der Waals surface area contributed by atoms with Crippen molar-refractivity contribution in [3.05, 3.63) is 45.1 Å². The number of hydrogen-bond acceptors (Lipinski definition) is 9. The Balaban J connectivity index is 1.50. The van der Waals surface area contributed by atoms with Crippen molar-refractivity contribution in [3.8, 4) is 0 Å². The van der Waals surface area contributed by atoms with E-state index in [2.05, 4.69) is 14.9 Å². The van der Waals surface area contributed by atoms with Crippen molar-refractivity contribution < 1.29 is 17.9 Å². The average molecular weight is 440 g/mol. The maximum Gasteiger partial charge on any atom is 0.321 e. The predicted molar refractivity (Wildman–Crippen MR) is 103 cm³/mol. The highest BCUT2D eigenvalue weighted by Crippen LogP contribution is 2.19. The molecule has 0 spiro atoms. The molecule has 0 radical (unpaired) electrons. The molecule has 0 saturated heterocycles. The zero-order valence-electron chi connectivity index (χ0n) is 14.4. The van der Waals surface area contributed by atoms with Gasteiger partial charge in [0.25, 0.3) is 15.6 Å². The van der Waals surface area contributed by atoms with E-state index >= 15 is 0 Å². The van der Waals surface area contributed by atoms with Gasteiger partial charge < -0.3 is 4.74 Å². The lowest BCUT2D eigenvalue weighted by Crippen LogP contribution is -2.30. The van der Waals surface area contributed by atoms with E-state index in [-0.39, 0.29) is 16.4 Å². The fourth-order valence-corrected chi connectivity index (χ4v) is 5.44. The van der Waals surface area contributed by atoms with Crippen LogP contribution in [-0.4, -0.2) is 40.1 Å². The topological polar surface area (TPSA) is 125 Å². The highest BCUT2D eigenvalue weighted by molar-refractivity contribution is 7.91. The second kappa shape index (κ2) is 7.09. The highest BCUT2D eigenvalue weighted by atomic mass is 32.2. The van der Waals surface area contributed by atoms with Crippen molar-refractivity contribution in [2.24, 2.45) is 7.05 Å². The van der Waals surface area contributed by atoms with Gasteiger partial charge in [0.2, 0.25) is 5.78 Å². The van der Waals surface area contributed by atoms with Crippen LogP contribution in [0.25, 0.3) is 16.0 Å². The van der Waals surface area contributed by atoms with E-state index in [0.29, 0.717) is 21.8 Å². The third kappa shape index (κ3) is 3.22. The third-order valence-corrected chi connectivity index (χ3v) is 7.62. The Morgan fingerprint density at radius 2 is 2.07 bits per heavy atom. The van der Waals surface area contributed by atoms with Crippen LogP contribution in [-0.2, 0) is 33.2 Å². The first-order valence-corrected chi connectivity index (χ1v) is 11.1. The van der Waals surface area contributed by atoms with Gasteiger partial charge in [-0.05, 0) is 22.9 Å². The van der Waals surface area contributed by atoms with Gasteiger partial charge in [0.15, 0.2) is 12.4 Å². The molecule has 10 nitrogen and oxygen atoms in total. The first kappa shape index (κ1) is 18.7. The molecule has 4 heterocycles. The Labute approximate surface area is 166 Å². The van der Waals surface area contributed by atoms with Crippen molar-refractivity contribution in [2.45, 2.75) is 10.8 Å². The summed E-state index contributed by atoms with van der Waals surface area (Å²) in [6.45, 7) is -0.729. The molecule has 0 aromatic carbocycles. The number of esters is 1. The summed E-state index contributed by atoms with van der Waals surface area (Å²) in [5.74, 6) is -0.118. The number of ether oxygens (including phenoxy) is 1. The van der Waals surface area contributed by atoms with Crippen LogP contribution in [0.15, 0.2) is 38.0 Å². The molecule has 0 aliphatic carbocycles.